The quantitative estimate of drug-likeness (QED) is 0.537. The Bertz CT molecular complexity index is 184. The van der Waals surface area contributed by atoms with Gasteiger partial charge in [-0.2, -0.15) is 0 Å². The van der Waals surface area contributed by atoms with Crippen molar-refractivity contribution < 1.29 is 4.79 Å². The predicted molar refractivity (Wildman–Crippen MR) is 67.0 cm³/mol. The van der Waals surface area contributed by atoms with Crippen LogP contribution in [0.25, 0.3) is 0 Å². The van der Waals surface area contributed by atoms with Gasteiger partial charge in [0.1, 0.15) is 5.78 Å². The third kappa shape index (κ3) is 5.96. The zero-order chi connectivity index (χ0) is 11.9. The Kier molecular flexibility index (Phi) is 6.87. The number of ketones is 1. The molecule has 0 amide bonds. The van der Waals surface area contributed by atoms with Crippen LogP contribution >= 0.6 is 0 Å². The van der Waals surface area contributed by atoms with E-state index in [0.29, 0.717) is 17.1 Å². The molecule has 0 radical (unpaired) electrons. The number of carbonyl (C=O) groups is 1. The normalized spacial score (nSPS) is 15.3. The van der Waals surface area contributed by atoms with Crippen LogP contribution in [0.3, 0.4) is 0 Å². The van der Waals surface area contributed by atoms with E-state index in [9.17, 15) is 4.79 Å². The zero-order valence-corrected chi connectivity index (χ0v) is 11.2. The lowest BCUT2D eigenvalue weighted by Gasteiger charge is -2.34. The van der Waals surface area contributed by atoms with Gasteiger partial charge >= 0.3 is 0 Å². The number of unbranched alkanes of at least 4 members (excludes halogenated alkanes) is 2. The molecule has 0 saturated heterocycles. The number of hydrogen-bond donors (Lipinski definition) is 0. The average Bonchev–Trinajstić information content (AvgIpc) is 2.15. The van der Waals surface area contributed by atoms with Crippen LogP contribution in [0, 0.1) is 11.3 Å². The molecule has 0 aliphatic rings. The summed E-state index contributed by atoms with van der Waals surface area (Å²) >= 11 is 0. The molecule has 1 unspecified atom stereocenters. The highest BCUT2D eigenvalue weighted by Gasteiger charge is 2.27. The summed E-state index contributed by atoms with van der Waals surface area (Å²) in [4.78, 5) is 11.0. The Hall–Kier alpha value is -0.330. The van der Waals surface area contributed by atoms with Gasteiger partial charge < -0.3 is 4.79 Å². The van der Waals surface area contributed by atoms with Gasteiger partial charge in [-0.15, -0.1) is 0 Å². The molecule has 90 valence electrons. The monoisotopic (exact) mass is 212 g/mol. The van der Waals surface area contributed by atoms with E-state index in [0.717, 1.165) is 12.8 Å². The summed E-state index contributed by atoms with van der Waals surface area (Å²) in [6.07, 6.45) is 6.99. The first kappa shape index (κ1) is 14.7. The number of Topliss-reactive ketones (excluding diaryl/α,β-unsaturated/α-hetero) is 1. The fourth-order valence-corrected chi connectivity index (χ4v) is 1.94. The van der Waals surface area contributed by atoms with Crippen molar-refractivity contribution in [2.24, 2.45) is 11.3 Å². The van der Waals surface area contributed by atoms with Gasteiger partial charge in [-0.3, -0.25) is 0 Å². The Morgan fingerprint density at radius 2 is 1.80 bits per heavy atom. The number of carbonyl (C=O) groups excluding carboxylic acids is 1. The van der Waals surface area contributed by atoms with Gasteiger partial charge in [-0.1, -0.05) is 47.0 Å². The maximum absolute atomic E-state index is 11.0. The second kappa shape index (κ2) is 7.03. The number of hydrogen-bond acceptors (Lipinski definition) is 1. The van der Waals surface area contributed by atoms with Crippen LogP contribution in [-0.2, 0) is 4.79 Å². The van der Waals surface area contributed by atoms with Crippen molar-refractivity contribution in [1.82, 2.24) is 0 Å². The molecule has 0 spiro atoms. The lowest BCUT2D eigenvalue weighted by atomic mass is 9.71. The minimum atomic E-state index is 0.331. The fraction of sp³-hybridized carbons (Fsp3) is 0.929. The van der Waals surface area contributed by atoms with Crippen LogP contribution in [0.5, 0.6) is 0 Å². The molecule has 0 aromatic rings. The van der Waals surface area contributed by atoms with Crippen molar-refractivity contribution in [2.75, 3.05) is 0 Å². The van der Waals surface area contributed by atoms with Crippen molar-refractivity contribution in [3.63, 3.8) is 0 Å². The van der Waals surface area contributed by atoms with Gasteiger partial charge in [-0.25, -0.2) is 0 Å². The maximum Gasteiger partial charge on any atom is 0.129 e. The van der Waals surface area contributed by atoms with E-state index in [-0.39, 0.29) is 0 Å². The van der Waals surface area contributed by atoms with E-state index in [1.54, 1.807) is 6.92 Å². The molecule has 0 aromatic carbocycles. The molecule has 0 aliphatic heterocycles. The Balaban J connectivity index is 4.12. The molecule has 0 aromatic heterocycles. The third-order valence-corrected chi connectivity index (χ3v) is 3.79. The highest BCUT2D eigenvalue weighted by molar-refractivity contribution is 5.75. The molecule has 0 N–H and O–H groups in total. The standard InChI is InChI=1S/C14H28O/c1-6-7-8-10-14(5,12(2)3)11-9-13(4)15/h12H,6-11H2,1-5H3. The molecule has 0 rings (SSSR count). The molecule has 0 fully saturated rings. The van der Waals surface area contributed by atoms with Crippen LogP contribution in [0.4, 0.5) is 0 Å². The molecule has 0 heterocycles. The smallest absolute Gasteiger partial charge is 0.129 e. The summed E-state index contributed by atoms with van der Waals surface area (Å²) in [7, 11) is 0. The van der Waals surface area contributed by atoms with Gasteiger partial charge in [0.15, 0.2) is 0 Å². The van der Waals surface area contributed by atoms with Crippen LogP contribution in [0.15, 0.2) is 0 Å². The first-order valence-electron chi connectivity index (χ1n) is 6.42. The van der Waals surface area contributed by atoms with Crippen molar-refractivity contribution in [2.45, 2.75) is 73.1 Å². The van der Waals surface area contributed by atoms with E-state index in [2.05, 4.69) is 27.7 Å². The highest BCUT2D eigenvalue weighted by Crippen LogP contribution is 2.37. The fourth-order valence-electron chi connectivity index (χ4n) is 1.94. The van der Waals surface area contributed by atoms with Gasteiger partial charge in [0.25, 0.3) is 0 Å². The van der Waals surface area contributed by atoms with Gasteiger partial charge in [0.2, 0.25) is 0 Å². The van der Waals surface area contributed by atoms with E-state index < -0.39 is 0 Å². The summed E-state index contributed by atoms with van der Waals surface area (Å²) in [5, 5.41) is 0. The van der Waals surface area contributed by atoms with E-state index in [1.807, 2.05) is 0 Å². The average molecular weight is 212 g/mol. The van der Waals surface area contributed by atoms with Crippen molar-refractivity contribution in [3.8, 4) is 0 Å². The van der Waals surface area contributed by atoms with Crippen molar-refractivity contribution in [1.29, 1.82) is 0 Å². The molecule has 0 bridgehead atoms. The summed E-state index contributed by atoms with van der Waals surface area (Å²) in [5.74, 6) is 1.01. The molecule has 0 saturated carbocycles. The van der Waals surface area contributed by atoms with Gasteiger partial charge in [0, 0.05) is 6.42 Å². The Morgan fingerprint density at radius 3 is 2.20 bits per heavy atom. The highest BCUT2D eigenvalue weighted by atomic mass is 16.1. The second-order valence-electron chi connectivity index (χ2n) is 5.47. The minimum Gasteiger partial charge on any atom is -0.300 e. The largest absolute Gasteiger partial charge is 0.300 e. The first-order chi connectivity index (χ1) is 6.92. The lowest BCUT2D eigenvalue weighted by molar-refractivity contribution is -0.117. The molecular formula is C14H28O. The SMILES string of the molecule is CCCCCC(C)(CCC(C)=O)C(C)C. The van der Waals surface area contributed by atoms with E-state index >= 15 is 0 Å². The Labute approximate surface area is 95.6 Å². The summed E-state index contributed by atoms with van der Waals surface area (Å²) in [5.41, 5.74) is 0.362. The predicted octanol–water partition coefficient (Wildman–Crippen LogP) is 4.60. The maximum atomic E-state index is 11.0. The summed E-state index contributed by atoms with van der Waals surface area (Å²) < 4.78 is 0. The van der Waals surface area contributed by atoms with Gasteiger partial charge in [-0.05, 0) is 31.1 Å². The van der Waals surface area contributed by atoms with Gasteiger partial charge in [0.05, 0.1) is 0 Å². The topological polar surface area (TPSA) is 17.1 Å². The van der Waals surface area contributed by atoms with Crippen LogP contribution in [-0.4, -0.2) is 5.78 Å². The Morgan fingerprint density at radius 1 is 1.20 bits per heavy atom. The van der Waals surface area contributed by atoms with E-state index in [4.69, 9.17) is 0 Å². The van der Waals surface area contributed by atoms with E-state index in [1.165, 1.54) is 25.7 Å². The zero-order valence-electron chi connectivity index (χ0n) is 11.2. The molecule has 1 atom stereocenters. The number of rotatable bonds is 8. The lowest BCUT2D eigenvalue weighted by Crippen LogP contribution is -2.24. The van der Waals surface area contributed by atoms with Crippen LogP contribution < -0.4 is 0 Å². The minimum absolute atomic E-state index is 0.331. The van der Waals surface area contributed by atoms with Crippen LogP contribution in [0.1, 0.15) is 73.1 Å². The third-order valence-electron chi connectivity index (χ3n) is 3.79. The molecule has 1 heteroatoms. The summed E-state index contributed by atoms with van der Waals surface area (Å²) in [6, 6.07) is 0. The van der Waals surface area contributed by atoms with Crippen LogP contribution in [0.2, 0.25) is 0 Å². The summed E-state index contributed by atoms with van der Waals surface area (Å²) in [6.45, 7) is 10.9. The molecular weight excluding hydrogens is 184 g/mol. The molecule has 1 nitrogen and oxygen atoms in total. The first-order valence-corrected chi connectivity index (χ1v) is 6.42. The van der Waals surface area contributed by atoms with Crippen molar-refractivity contribution >= 4 is 5.78 Å². The molecule has 15 heavy (non-hydrogen) atoms. The van der Waals surface area contributed by atoms with Crippen molar-refractivity contribution in [3.05, 3.63) is 0 Å². The molecule has 0 aliphatic carbocycles. The second-order valence-corrected chi connectivity index (χ2v) is 5.47.